The summed E-state index contributed by atoms with van der Waals surface area (Å²) in [4.78, 5) is 16.9. The molecule has 0 saturated carbocycles. The summed E-state index contributed by atoms with van der Waals surface area (Å²) >= 11 is 6.10. The van der Waals surface area contributed by atoms with Crippen molar-refractivity contribution in [3.05, 3.63) is 64.9 Å². The van der Waals surface area contributed by atoms with Crippen molar-refractivity contribution in [3.8, 4) is 0 Å². The summed E-state index contributed by atoms with van der Waals surface area (Å²) in [6, 6.07) is 11.6. The van der Waals surface area contributed by atoms with E-state index in [0.717, 1.165) is 24.1 Å². The van der Waals surface area contributed by atoms with E-state index in [1.54, 1.807) is 12.4 Å². The molecule has 1 aliphatic heterocycles. The zero-order valence-electron chi connectivity index (χ0n) is 15.5. The molecule has 0 aliphatic carbocycles. The minimum atomic E-state index is -0.504. The number of benzene rings is 1. The molecule has 26 heavy (non-hydrogen) atoms. The summed E-state index contributed by atoms with van der Waals surface area (Å²) in [6.07, 6.45) is 5.13. The van der Waals surface area contributed by atoms with Gasteiger partial charge in [-0.3, -0.25) is 9.78 Å². The Kier molecular flexibility index (Phi) is 5.35. The zero-order chi connectivity index (χ0) is 18.8. The Bertz CT molecular complexity index is 756. The molecule has 1 N–H and O–H groups in total. The van der Waals surface area contributed by atoms with Crippen molar-refractivity contribution < 1.29 is 9.53 Å². The second-order valence-electron chi connectivity index (χ2n) is 7.82. The third-order valence-corrected chi connectivity index (χ3v) is 5.07. The molecule has 2 aromatic rings. The molecule has 3 rings (SSSR count). The number of ether oxygens (including phenoxy) is 1. The summed E-state index contributed by atoms with van der Waals surface area (Å²) < 4.78 is 5.63. The summed E-state index contributed by atoms with van der Waals surface area (Å²) in [5.74, 6) is -0.204. The number of esters is 1. The highest BCUT2D eigenvalue weighted by molar-refractivity contribution is 6.30. The van der Waals surface area contributed by atoms with Crippen LogP contribution in [-0.2, 0) is 14.9 Å². The second-order valence-corrected chi connectivity index (χ2v) is 8.26. The number of nitrogens with zero attached hydrogens (tertiary/aromatic N) is 1. The zero-order valence-corrected chi connectivity index (χ0v) is 16.2. The number of pyridine rings is 1. The largest absolute Gasteiger partial charge is 0.459 e. The lowest BCUT2D eigenvalue weighted by molar-refractivity contribution is -0.158. The van der Waals surface area contributed by atoms with E-state index < -0.39 is 5.60 Å². The van der Waals surface area contributed by atoms with Crippen LogP contribution in [0.15, 0.2) is 48.8 Å². The first-order chi connectivity index (χ1) is 12.3. The quantitative estimate of drug-likeness (QED) is 0.823. The highest BCUT2D eigenvalue weighted by Gasteiger charge is 2.42. The standard InChI is InChI=1S/C21H25ClN2O2/c1-20(2,3)26-19(25)18-14-21(10-13-24-18,16-8-11-23-12-9-16)15-4-6-17(22)7-5-15/h4-9,11-12,18,24H,10,13-14H2,1-3H3. The number of hydrogen-bond acceptors (Lipinski definition) is 4. The predicted molar refractivity (Wildman–Crippen MR) is 103 cm³/mol. The van der Waals surface area contributed by atoms with E-state index in [9.17, 15) is 4.79 Å². The Balaban J connectivity index is 1.99. The van der Waals surface area contributed by atoms with Gasteiger partial charge in [-0.2, -0.15) is 0 Å². The first-order valence-corrected chi connectivity index (χ1v) is 9.31. The van der Waals surface area contributed by atoms with E-state index in [1.807, 2.05) is 45.0 Å². The molecule has 0 spiro atoms. The van der Waals surface area contributed by atoms with E-state index in [1.165, 1.54) is 0 Å². The highest BCUT2D eigenvalue weighted by Crippen LogP contribution is 2.42. The summed E-state index contributed by atoms with van der Waals surface area (Å²) in [5.41, 5.74) is 1.53. The van der Waals surface area contributed by atoms with Crippen LogP contribution in [-0.4, -0.2) is 29.1 Å². The average Bonchev–Trinajstić information content (AvgIpc) is 2.61. The van der Waals surface area contributed by atoms with Gasteiger partial charge in [0.05, 0.1) is 0 Å². The number of rotatable bonds is 3. The van der Waals surface area contributed by atoms with Crippen LogP contribution in [0.4, 0.5) is 0 Å². The third-order valence-electron chi connectivity index (χ3n) is 4.82. The topological polar surface area (TPSA) is 51.2 Å². The van der Waals surface area contributed by atoms with Gasteiger partial charge in [-0.15, -0.1) is 0 Å². The molecule has 1 aliphatic rings. The van der Waals surface area contributed by atoms with Crippen LogP contribution in [0.1, 0.15) is 44.7 Å². The van der Waals surface area contributed by atoms with Crippen molar-refractivity contribution in [1.82, 2.24) is 10.3 Å². The van der Waals surface area contributed by atoms with Gasteiger partial charge in [-0.1, -0.05) is 23.7 Å². The number of hydrogen-bond donors (Lipinski definition) is 1. The molecule has 1 saturated heterocycles. The van der Waals surface area contributed by atoms with Gasteiger partial charge in [-0.05, 0) is 75.5 Å². The normalized spacial score (nSPS) is 23.5. The fourth-order valence-corrected chi connectivity index (χ4v) is 3.78. The van der Waals surface area contributed by atoms with Crippen LogP contribution in [0.3, 0.4) is 0 Å². The molecule has 0 bridgehead atoms. The molecule has 1 aromatic heterocycles. The molecule has 1 aromatic carbocycles. The van der Waals surface area contributed by atoms with Crippen molar-refractivity contribution in [2.75, 3.05) is 6.54 Å². The van der Waals surface area contributed by atoms with Crippen molar-refractivity contribution in [1.29, 1.82) is 0 Å². The van der Waals surface area contributed by atoms with Crippen LogP contribution in [0.2, 0.25) is 5.02 Å². The van der Waals surface area contributed by atoms with Crippen LogP contribution < -0.4 is 5.32 Å². The number of halogens is 1. The predicted octanol–water partition coefficient (Wildman–Crippen LogP) is 4.11. The minimum absolute atomic E-state index is 0.204. The van der Waals surface area contributed by atoms with E-state index in [0.29, 0.717) is 11.4 Å². The SMILES string of the molecule is CC(C)(C)OC(=O)C1CC(c2ccncc2)(c2ccc(Cl)cc2)CCN1. The minimum Gasteiger partial charge on any atom is -0.459 e. The van der Waals surface area contributed by atoms with Gasteiger partial charge >= 0.3 is 5.97 Å². The Morgan fingerprint density at radius 1 is 1.15 bits per heavy atom. The van der Waals surface area contributed by atoms with Gasteiger partial charge < -0.3 is 10.1 Å². The van der Waals surface area contributed by atoms with Gasteiger partial charge in [0.25, 0.3) is 0 Å². The number of aromatic nitrogens is 1. The van der Waals surface area contributed by atoms with Crippen molar-refractivity contribution >= 4 is 17.6 Å². The molecule has 138 valence electrons. The van der Waals surface area contributed by atoms with Crippen molar-refractivity contribution in [3.63, 3.8) is 0 Å². The fraction of sp³-hybridized carbons (Fsp3) is 0.429. The first kappa shape index (κ1) is 18.9. The van der Waals surface area contributed by atoms with Gasteiger partial charge in [0.1, 0.15) is 11.6 Å². The maximum atomic E-state index is 12.7. The summed E-state index contributed by atoms with van der Waals surface area (Å²) in [5, 5.41) is 4.04. The fourth-order valence-electron chi connectivity index (χ4n) is 3.65. The Morgan fingerprint density at radius 2 is 1.77 bits per heavy atom. The number of carbonyl (C=O) groups is 1. The molecule has 0 radical (unpaired) electrons. The molecule has 1 fully saturated rings. The molecule has 2 heterocycles. The molecular formula is C21H25ClN2O2. The van der Waals surface area contributed by atoms with Crippen molar-refractivity contribution in [2.24, 2.45) is 0 Å². The average molecular weight is 373 g/mol. The Hall–Kier alpha value is -1.91. The maximum absolute atomic E-state index is 12.7. The highest BCUT2D eigenvalue weighted by atomic mass is 35.5. The number of carbonyl (C=O) groups excluding carboxylic acids is 1. The number of nitrogens with one attached hydrogen (secondary N) is 1. The summed E-state index contributed by atoms with van der Waals surface area (Å²) in [7, 11) is 0. The lowest BCUT2D eigenvalue weighted by Gasteiger charge is -2.42. The second kappa shape index (κ2) is 7.37. The molecule has 5 heteroatoms. The van der Waals surface area contributed by atoms with E-state index in [-0.39, 0.29) is 17.4 Å². The lowest BCUT2D eigenvalue weighted by Crippen LogP contribution is -2.52. The Morgan fingerprint density at radius 3 is 2.38 bits per heavy atom. The van der Waals surface area contributed by atoms with Gasteiger partial charge in [0.15, 0.2) is 0 Å². The van der Waals surface area contributed by atoms with Crippen LogP contribution in [0.5, 0.6) is 0 Å². The van der Waals surface area contributed by atoms with Gasteiger partial charge in [0.2, 0.25) is 0 Å². The van der Waals surface area contributed by atoms with E-state index in [4.69, 9.17) is 16.3 Å². The first-order valence-electron chi connectivity index (χ1n) is 8.93. The van der Waals surface area contributed by atoms with Gasteiger partial charge in [0, 0.05) is 22.8 Å². The lowest BCUT2D eigenvalue weighted by atomic mass is 9.66. The van der Waals surface area contributed by atoms with Gasteiger partial charge in [-0.25, -0.2) is 0 Å². The monoisotopic (exact) mass is 372 g/mol. The smallest absolute Gasteiger partial charge is 0.323 e. The number of piperidine rings is 1. The van der Waals surface area contributed by atoms with Crippen LogP contribution in [0, 0.1) is 0 Å². The molecule has 2 atom stereocenters. The molecule has 2 unspecified atom stereocenters. The van der Waals surface area contributed by atoms with E-state index >= 15 is 0 Å². The molecule has 4 nitrogen and oxygen atoms in total. The third kappa shape index (κ3) is 4.08. The van der Waals surface area contributed by atoms with Crippen molar-refractivity contribution in [2.45, 2.75) is 50.7 Å². The molecule has 0 amide bonds. The summed E-state index contributed by atoms with van der Waals surface area (Å²) in [6.45, 7) is 6.41. The van der Waals surface area contributed by atoms with E-state index in [2.05, 4.69) is 22.4 Å². The Labute approximate surface area is 159 Å². The van der Waals surface area contributed by atoms with Crippen LogP contribution >= 0.6 is 11.6 Å². The molecular weight excluding hydrogens is 348 g/mol. The maximum Gasteiger partial charge on any atom is 0.323 e. The van der Waals surface area contributed by atoms with Crippen LogP contribution in [0.25, 0.3) is 0 Å².